The van der Waals surface area contributed by atoms with Gasteiger partial charge >= 0.3 is 0 Å². The van der Waals surface area contributed by atoms with Gasteiger partial charge in [-0.3, -0.25) is 0 Å². The van der Waals surface area contributed by atoms with Gasteiger partial charge in [0.05, 0.1) is 6.07 Å². The first kappa shape index (κ1) is 11.2. The Morgan fingerprint density at radius 1 is 1.25 bits per heavy atom. The molecule has 4 heteroatoms. The van der Waals surface area contributed by atoms with E-state index in [-0.39, 0.29) is 0 Å². The molecule has 0 bridgehead atoms. The van der Waals surface area contributed by atoms with Gasteiger partial charge in [-0.15, -0.1) is 11.8 Å². The zero-order chi connectivity index (χ0) is 11.2. The first-order valence-corrected chi connectivity index (χ1v) is 6.28. The van der Waals surface area contributed by atoms with Gasteiger partial charge < -0.3 is 9.47 Å². The summed E-state index contributed by atoms with van der Waals surface area (Å²) in [6.45, 7) is 1.25. The molecular weight excluding hydrogens is 222 g/mol. The maximum absolute atomic E-state index is 8.43. The van der Waals surface area contributed by atoms with Crippen LogP contribution < -0.4 is 9.47 Å². The first-order valence-electron chi connectivity index (χ1n) is 5.29. The smallest absolute Gasteiger partial charge is 0.162 e. The van der Waals surface area contributed by atoms with Gasteiger partial charge in [-0.1, -0.05) is 0 Å². The summed E-state index contributed by atoms with van der Waals surface area (Å²) in [5, 5.41) is 8.43. The number of ether oxygens (including phenoxy) is 2. The fourth-order valence-electron chi connectivity index (χ4n) is 1.45. The van der Waals surface area contributed by atoms with Crippen molar-refractivity contribution in [1.29, 1.82) is 5.26 Å². The van der Waals surface area contributed by atoms with Crippen molar-refractivity contribution < 1.29 is 9.47 Å². The number of rotatable bonds is 4. The molecule has 0 aliphatic carbocycles. The normalized spacial score (nSPS) is 13.2. The van der Waals surface area contributed by atoms with E-state index >= 15 is 0 Å². The Morgan fingerprint density at radius 3 is 2.88 bits per heavy atom. The molecule has 16 heavy (non-hydrogen) atoms. The summed E-state index contributed by atoms with van der Waals surface area (Å²) in [6, 6.07) is 8.13. The second kappa shape index (κ2) is 5.66. The molecule has 0 amide bonds. The van der Waals surface area contributed by atoms with Gasteiger partial charge in [-0.25, -0.2) is 0 Å². The van der Waals surface area contributed by atoms with E-state index in [1.807, 2.05) is 18.2 Å². The van der Waals surface area contributed by atoms with Crippen LogP contribution in [0.4, 0.5) is 0 Å². The topological polar surface area (TPSA) is 42.2 Å². The van der Waals surface area contributed by atoms with Crippen molar-refractivity contribution in [3.63, 3.8) is 0 Å². The maximum atomic E-state index is 8.43. The van der Waals surface area contributed by atoms with E-state index < -0.39 is 0 Å². The number of thioether (sulfide) groups is 1. The zero-order valence-electron chi connectivity index (χ0n) is 8.94. The van der Waals surface area contributed by atoms with Gasteiger partial charge in [0.1, 0.15) is 13.2 Å². The molecule has 1 heterocycles. The molecule has 2 rings (SSSR count). The largest absolute Gasteiger partial charge is 0.486 e. The second-order valence-corrected chi connectivity index (χ2v) is 4.58. The summed E-state index contributed by atoms with van der Waals surface area (Å²) in [5.74, 6) is 2.62. The summed E-state index contributed by atoms with van der Waals surface area (Å²) in [7, 11) is 0. The van der Waals surface area contributed by atoms with Crippen molar-refractivity contribution in [2.45, 2.75) is 17.7 Å². The standard InChI is InChI=1S/C12H13NO2S/c13-5-1-2-8-16-10-3-4-11-12(9-10)15-7-6-14-11/h3-4,9H,1-2,6-8H2. The molecule has 0 unspecified atom stereocenters. The molecule has 0 N–H and O–H groups in total. The van der Waals surface area contributed by atoms with E-state index in [1.54, 1.807) is 11.8 Å². The molecule has 0 saturated carbocycles. The second-order valence-electron chi connectivity index (χ2n) is 3.42. The molecule has 3 nitrogen and oxygen atoms in total. The summed E-state index contributed by atoms with van der Waals surface area (Å²) >= 11 is 1.75. The average molecular weight is 235 g/mol. The lowest BCUT2D eigenvalue weighted by Gasteiger charge is -2.18. The Morgan fingerprint density at radius 2 is 2.06 bits per heavy atom. The van der Waals surface area contributed by atoms with Crippen LogP contribution in [0.15, 0.2) is 23.1 Å². The van der Waals surface area contributed by atoms with E-state index in [0.29, 0.717) is 19.6 Å². The predicted octanol–water partition coefficient (Wildman–Crippen LogP) is 2.85. The van der Waals surface area contributed by atoms with Crippen LogP contribution in [-0.2, 0) is 0 Å². The van der Waals surface area contributed by atoms with Crippen LogP contribution >= 0.6 is 11.8 Å². The van der Waals surface area contributed by atoms with Crippen molar-refractivity contribution in [2.24, 2.45) is 0 Å². The van der Waals surface area contributed by atoms with Gasteiger partial charge in [-0.05, 0) is 30.4 Å². The molecule has 0 saturated heterocycles. The minimum absolute atomic E-state index is 0.621. The fraction of sp³-hybridized carbons (Fsp3) is 0.417. The van der Waals surface area contributed by atoms with Crippen LogP contribution in [0.25, 0.3) is 0 Å². The third kappa shape index (κ3) is 2.83. The number of hydrogen-bond acceptors (Lipinski definition) is 4. The minimum atomic E-state index is 0.621. The number of nitriles is 1. The molecule has 0 spiro atoms. The van der Waals surface area contributed by atoms with Crippen LogP contribution in [0, 0.1) is 11.3 Å². The lowest BCUT2D eigenvalue weighted by Crippen LogP contribution is -2.15. The van der Waals surface area contributed by atoms with Gasteiger partial charge in [-0.2, -0.15) is 5.26 Å². The quantitative estimate of drug-likeness (QED) is 0.594. The molecule has 0 fully saturated rings. The Bertz CT molecular complexity index is 400. The highest BCUT2D eigenvalue weighted by molar-refractivity contribution is 7.99. The molecule has 0 aromatic heterocycles. The Kier molecular flexibility index (Phi) is 3.95. The van der Waals surface area contributed by atoms with Crippen LogP contribution in [0.5, 0.6) is 11.5 Å². The van der Waals surface area contributed by atoms with Crippen molar-refractivity contribution in [3.8, 4) is 17.6 Å². The molecule has 1 aliphatic heterocycles. The van der Waals surface area contributed by atoms with Gasteiger partial charge in [0.25, 0.3) is 0 Å². The number of benzene rings is 1. The number of fused-ring (bicyclic) bond motifs is 1. The monoisotopic (exact) mass is 235 g/mol. The average Bonchev–Trinajstić information content (AvgIpc) is 2.34. The molecule has 0 atom stereocenters. The highest BCUT2D eigenvalue weighted by Crippen LogP contribution is 2.34. The van der Waals surface area contributed by atoms with Crippen LogP contribution in [0.3, 0.4) is 0 Å². The molecule has 84 valence electrons. The van der Waals surface area contributed by atoms with Gasteiger partial charge in [0, 0.05) is 11.3 Å². The number of hydrogen-bond donors (Lipinski definition) is 0. The van der Waals surface area contributed by atoms with Crippen LogP contribution in [0.1, 0.15) is 12.8 Å². The van der Waals surface area contributed by atoms with E-state index in [1.165, 1.54) is 4.90 Å². The van der Waals surface area contributed by atoms with E-state index in [2.05, 4.69) is 6.07 Å². The lowest BCUT2D eigenvalue weighted by molar-refractivity contribution is 0.171. The van der Waals surface area contributed by atoms with E-state index in [4.69, 9.17) is 14.7 Å². The van der Waals surface area contributed by atoms with Crippen LogP contribution in [0.2, 0.25) is 0 Å². The SMILES string of the molecule is N#CCCCSc1ccc2c(c1)OCCO2. The Labute approximate surface area is 99.4 Å². The number of unbranched alkanes of at least 4 members (excludes halogenated alkanes) is 1. The van der Waals surface area contributed by atoms with E-state index in [9.17, 15) is 0 Å². The van der Waals surface area contributed by atoms with Crippen molar-refractivity contribution in [3.05, 3.63) is 18.2 Å². The summed E-state index contributed by atoms with van der Waals surface area (Å²) in [6.07, 6.45) is 1.55. The minimum Gasteiger partial charge on any atom is -0.486 e. The number of nitrogens with zero attached hydrogens (tertiary/aromatic N) is 1. The Hall–Kier alpha value is -1.34. The van der Waals surface area contributed by atoms with Crippen molar-refractivity contribution >= 4 is 11.8 Å². The molecule has 1 aromatic carbocycles. The van der Waals surface area contributed by atoms with Crippen LogP contribution in [-0.4, -0.2) is 19.0 Å². The molecule has 1 aliphatic rings. The third-order valence-electron chi connectivity index (χ3n) is 2.22. The maximum Gasteiger partial charge on any atom is 0.162 e. The fourth-order valence-corrected chi connectivity index (χ4v) is 2.33. The lowest BCUT2D eigenvalue weighted by atomic mass is 10.3. The van der Waals surface area contributed by atoms with Crippen molar-refractivity contribution in [1.82, 2.24) is 0 Å². The van der Waals surface area contributed by atoms with Crippen molar-refractivity contribution in [2.75, 3.05) is 19.0 Å². The summed E-state index contributed by atoms with van der Waals surface area (Å²) in [5.41, 5.74) is 0. The molecule has 1 aromatic rings. The third-order valence-corrected chi connectivity index (χ3v) is 3.30. The van der Waals surface area contributed by atoms with Gasteiger partial charge in [0.2, 0.25) is 0 Å². The molecular formula is C12H13NO2S. The van der Waals surface area contributed by atoms with Gasteiger partial charge in [0.15, 0.2) is 11.5 Å². The summed E-state index contributed by atoms with van der Waals surface area (Å²) < 4.78 is 10.9. The molecule has 0 radical (unpaired) electrons. The van der Waals surface area contributed by atoms with E-state index in [0.717, 1.165) is 23.7 Å². The highest BCUT2D eigenvalue weighted by Gasteiger charge is 2.11. The summed E-state index contributed by atoms with van der Waals surface area (Å²) in [4.78, 5) is 1.17. The Balaban J connectivity index is 1.93. The highest BCUT2D eigenvalue weighted by atomic mass is 32.2. The predicted molar refractivity (Wildman–Crippen MR) is 63.0 cm³/mol. The zero-order valence-corrected chi connectivity index (χ0v) is 9.76. The first-order chi connectivity index (χ1) is 7.90.